The molecule has 3 amide bonds. The van der Waals surface area contributed by atoms with E-state index in [9.17, 15) is 14.4 Å². The minimum atomic E-state index is -0.629. The lowest BCUT2D eigenvalue weighted by atomic mass is 10.1. The van der Waals surface area contributed by atoms with Gasteiger partial charge in [0.05, 0.1) is 14.2 Å². The number of nitrogens with one attached hydrogen (secondary N) is 2. The molecule has 2 N–H and O–H groups in total. The minimum absolute atomic E-state index is 0.0877. The first kappa shape index (κ1) is 21.2. The van der Waals surface area contributed by atoms with Crippen molar-refractivity contribution in [2.45, 2.75) is 25.8 Å². The number of rotatable bonds is 6. The number of Topliss-reactive ketones (excluding diaryl/α,β-unsaturated/α-hetero) is 1. The number of anilines is 2. The van der Waals surface area contributed by atoms with Crippen LogP contribution in [-0.2, 0) is 4.79 Å². The van der Waals surface area contributed by atoms with E-state index in [2.05, 4.69) is 10.6 Å². The van der Waals surface area contributed by atoms with Crippen molar-refractivity contribution < 1.29 is 23.9 Å². The van der Waals surface area contributed by atoms with E-state index in [0.29, 0.717) is 47.8 Å². The van der Waals surface area contributed by atoms with Gasteiger partial charge in [-0.2, -0.15) is 0 Å². The second-order valence-electron chi connectivity index (χ2n) is 6.95. The maximum absolute atomic E-state index is 13.0. The number of nitrogens with zero attached hydrogens (tertiary/aromatic N) is 1. The molecule has 158 valence electrons. The Hall–Kier alpha value is -3.55. The Balaban J connectivity index is 1.74. The van der Waals surface area contributed by atoms with Crippen LogP contribution in [0.3, 0.4) is 0 Å². The lowest BCUT2D eigenvalue weighted by molar-refractivity contribution is -0.119. The summed E-state index contributed by atoms with van der Waals surface area (Å²) in [5.41, 5.74) is 1.44. The number of ether oxygens (including phenoxy) is 2. The summed E-state index contributed by atoms with van der Waals surface area (Å²) in [7, 11) is 3.02. The highest BCUT2D eigenvalue weighted by atomic mass is 16.5. The van der Waals surface area contributed by atoms with Crippen LogP contribution in [0.2, 0.25) is 0 Å². The van der Waals surface area contributed by atoms with Crippen molar-refractivity contribution in [2.24, 2.45) is 0 Å². The minimum Gasteiger partial charge on any atom is -0.494 e. The topological polar surface area (TPSA) is 97.0 Å². The van der Waals surface area contributed by atoms with Crippen LogP contribution in [0.25, 0.3) is 0 Å². The van der Waals surface area contributed by atoms with Crippen molar-refractivity contribution in [2.75, 3.05) is 31.4 Å². The normalized spacial score (nSPS) is 15.4. The van der Waals surface area contributed by atoms with E-state index in [1.165, 1.54) is 26.0 Å². The maximum Gasteiger partial charge on any atom is 0.322 e. The van der Waals surface area contributed by atoms with Crippen molar-refractivity contribution in [3.05, 3.63) is 48.0 Å². The summed E-state index contributed by atoms with van der Waals surface area (Å²) in [6.45, 7) is 1.92. The summed E-state index contributed by atoms with van der Waals surface area (Å²) in [5.74, 6) is 0.536. The third kappa shape index (κ3) is 4.53. The number of hydrogen-bond acceptors (Lipinski definition) is 5. The molecule has 2 aromatic rings. The Morgan fingerprint density at radius 2 is 1.67 bits per heavy atom. The zero-order chi connectivity index (χ0) is 21.7. The van der Waals surface area contributed by atoms with Crippen LogP contribution in [0.4, 0.5) is 16.2 Å². The SMILES string of the molecule is COc1cccc(OC)c1NC(=O)[C@@H]1CCCN1C(=O)Nc1cccc(C(C)=O)c1. The molecule has 0 aromatic heterocycles. The predicted octanol–water partition coefficient (Wildman–Crippen LogP) is 3.54. The van der Waals surface area contributed by atoms with Gasteiger partial charge >= 0.3 is 6.03 Å². The molecule has 30 heavy (non-hydrogen) atoms. The van der Waals surface area contributed by atoms with E-state index in [4.69, 9.17) is 9.47 Å². The molecule has 2 aromatic carbocycles. The van der Waals surface area contributed by atoms with E-state index in [0.717, 1.165) is 0 Å². The van der Waals surface area contributed by atoms with Gasteiger partial charge in [0.25, 0.3) is 0 Å². The number of para-hydroxylation sites is 1. The quantitative estimate of drug-likeness (QED) is 0.709. The lowest BCUT2D eigenvalue weighted by Gasteiger charge is -2.25. The molecule has 0 saturated carbocycles. The van der Waals surface area contributed by atoms with Crippen LogP contribution in [0, 0.1) is 0 Å². The van der Waals surface area contributed by atoms with Crippen LogP contribution in [-0.4, -0.2) is 49.4 Å². The van der Waals surface area contributed by atoms with Gasteiger partial charge in [-0.1, -0.05) is 18.2 Å². The van der Waals surface area contributed by atoms with Gasteiger partial charge in [-0.15, -0.1) is 0 Å². The highest BCUT2D eigenvalue weighted by Crippen LogP contribution is 2.35. The van der Waals surface area contributed by atoms with Gasteiger partial charge in [-0.25, -0.2) is 4.79 Å². The number of benzene rings is 2. The zero-order valence-electron chi connectivity index (χ0n) is 17.2. The molecule has 1 atom stereocenters. The van der Waals surface area contributed by atoms with E-state index < -0.39 is 6.04 Å². The maximum atomic E-state index is 13.0. The smallest absolute Gasteiger partial charge is 0.322 e. The highest BCUT2D eigenvalue weighted by molar-refractivity contribution is 6.02. The summed E-state index contributed by atoms with van der Waals surface area (Å²) < 4.78 is 10.6. The first-order chi connectivity index (χ1) is 14.4. The van der Waals surface area contributed by atoms with Crippen LogP contribution in [0.1, 0.15) is 30.1 Å². The van der Waals surface area contributed by atoms with Crippen LogP contribution in [0.15, 0.2) is 42.5 Å². The van der Waals surface area contributed by atoms with Crippen LogP contribution < -0.4 is 20.1 Å². The first-order valence-corrected chi connectivity index (χ1v) is 9.65. The fraction of sp³-hybridized carbons (Fsp3) is 0.318. The summed E-state index contributed by atoms with van der Waals surface area (Å²) in [6, 6.07) is 10.9. The Morgan fingerprint density at radius 3 is 2.30 bits per heavy atom. The second kappa shape index (κ2) is 9.30. The number of ketones is 1. The Labute approximate surface area is 175 Å². The molecule has 8 nitrogen and oxygen atoms in total. The molecule has 0 unspecified atom stereocenters. The summed E-state index contributed by atoms with van der Waals surface area (Å²) in [5, 5.41) is 5.62. The molecule has 8 heteroatoms. The molecule has 1 aliphatic heterocycles. The summed E-state index contributed by atoms with van der Waals surface area (Å²) in [6.07, 6.45) is 1.26. The molecular weight excluding hydrogens is 386 g/mol. The molecule has 1 saturated heterocycles. The van der Waals surface area contributed by atoms with Crippen molar-refractivity contribution in [3.63, 3.8) is 0 Å². The van der Waals surface area contributed by atoms with Gasteiger partial charge < -0.3 is 25.0 Å². The highest BCUT2D eigenvalue weighted by Gasteiger charge is 2.35. The van der Waals surface area contributed by atoms with Crippen molar-refractivity contribution in [1.82, 2.24) is 4.90 Å². The van der Waals surface area contributed by atoms with Gasteiger partial charge in [-0.05, 0) is 44.0 Å². The fourth-order valence-corrected chi connectivity index (χ4v) is 3.47. The Morgan fingerprint density at radius 1 is 1.00 bits per heavy atom. The predicted molar refractivity (Wildman–Crippen MR) is 113 cm³/mol. The molecule has 1 aliphatic rings. The molecular formula is C22H25N3O5. The number of carbonyl (C=O) groups excluding carboxylic acids is 3. The molecule has 0 radical (unpaired) electrons. The number of likely N-dealkylation sites (tertiary alicyclic amines) is 1. The van der Waals surface area contributed by atoms with E-state index >= 15 is 0 Å². The van der Waals surface area contributed by atoms with Crippen LogP contribution in [0.5, 0.6) is 11.5 Å². The largest absolute Gasteiger partial charge is 0.494 e. The third-order valence-corrected chi connectivity index (χ3v) is 5.01. The van der Waals surface area contributed by atoms with Gasteiger partial charge in [0.15, 0.2) is 5.78 Å². The van der Waals surface area contributed by atoms with Crippen molar-refractivity contribution in [1.29, 1.82) is 0 Å². The van der Waals surface area contributed by atoms with E-state index in [1.807, 2.05) is 0 Å². The molecule has 3 rings (SSSR count). The number of amides is 3. The Bertz CT molecular complexity index is 937. The van der Waals surface area contributed by atoms with Crippen molar-refractivity contribution in [3.8, 4) is 11.5 Å². The molecule has 0 bridgehead atoms. The number of carbonyl (C=O) groups is 3. The van der Waals surface area contributed by atoms with E-state index in [-0.39, 0.29) is 17.7 Å². The molecule has 0 aliphatic carbocycles. The first-order valence-electron chi connectivity index (χ1n) is 9.65. The van der Waals surface area contributed by atoms with Gasteiger partial charge in [-0.3, -0.25) is 9.59 Å². The molecule has 1 fully saturated rings. The number of methoxy groups -OCH3 is 2. The van der Waals surface area contributed by atoms with Gasteiger partial charge in [0.2, 0.25) is 5.91 Å². The van der Waals surface area contributed by atoms with Crippen molar-refractivity contribution >= 4 is 29.1 Å². The monoisotopic (exact) mass is 411 g/mol. The Kier molecular flexibility index (Phi) is 6.56. The molecule has 0 spiro atoms. The summed E-state index contributed by atoms with van der Waals surface area (Å²) >= 11 is 0. The van der Waals surface area contributed by atoms with Crippen LogP contribution >= 0.6 is 0 Å². The van der Waals surface area contributed by atoms with Gasteiger partial charge in [0.1, 0.15) is 23.2 Å². The zero-order valence-corrected chi connectivity index (χ0v) is 17.2. The summed E-state index contributed by atoms with van der Waals surface area (Å²) in [4.78, 5) is 38.8. The van der Waals surface area contributed by atoms with Gasteiger partial charge in [0, 0.05) is 17.8 Å². The standard InChI is InChI=1S/C22H25N3O5/c1-14(26)15-7-4-8-16(13-15)23-22(28)25-12-6-9-17(25)21(27)24-20-18(29-2)10-5-11-19(20)30-3/h4-5,7-8,10-11,13,17H,6,9,12H2,1-3H3,(H,23,28)(H,24,27)/t17-/m0/s1. The third-order valence-electron chi connectivity index (χ3n) is 5.01. The average Bonchev–Trinajstić information content (AvgIpc) is 3.24. The number of hydrogen-bond donors (Lipinski definition) is 2. The fourth-order valence-electron chi connectivity index (χ4n) is 3.47. The second-order valence-corrected chi connectivity index (χ2v) is 6.95. The number of urea groups is 1. The average molecular weight is 411 g/mol. The molecule has 1 heterocycles. The van der Waals surface area contributed by atoms with E-state index in [1.54, 1.807) is 42.5 Å². The lowest BCUT2D eigenvalue weighted by Crippen LogP contribution is -2.45.